The lowest BCUT2D eigenvalue weighted by molar-refractivity contribution is -0.138. The van der Waals surface area contributed by atoms with E-state index in [1.54, 1.807) is 24.3 Å². The van der Waals surface area contributed by atoms with Crippen LogP contribution in [0.3, 0.4) is 0 Å². The number of aryl methyl sites for hydroxylation is 1. The first-order valence-electron chi connectivity index (χ1n) is 8.03. The summed E-state index contributed by atoms with van der Waals surface area (Å²) in [6.07, 6.45) is -3.45. The second kappa shape index (κ2) is 9.03. The van der Waals surface area contributed by atoms with Gasteiger partial charge in [-0.3, -0.25) is 4.79 Å². The fourth-order valence-corrected chi connectivity index (χ4v) is 2.71. The van der Waals surface area contributed by atoms with E-state index in [1.807, 2.05) is 0 Å². The summed E-state index contributed by atoms with van der Waals surface area (Å²) in [6, 6.07) is 10.4. The van der Waals surface area contributed by atoms with Crippen LogP contribution < -0.4 is 10.1 Å². The van der Waals surface area contributed by atoms with Crippen LogP contribution in [0.15, 0.2) is 46.9 Å². The van der Waals surface area contributed by atoms with E-state index in [4.69, 9.17) is 4.74 Å². The Hall–Kier alpha value is -2.35. The minimum Gasteiger partial charge on any atom is -0.484 e. The van der Waals surface area contributed by atoms with E-state index >= 15 is 0 Å². The minimum atomic E-state index is -4.53. The lowest BCUT2D eigenvalue weighted by atomic mass is 10.1. The second-order valence-electron chi connectivity index (χ2n) is 5.88. The van der Waals surface area contributed by atoms with E-state index in [1.165, 1.54) is 19.1 Å². The number of hydrogen-bond acceptors (Lipinski definition) is 3. The number of carbonyl (C=O) groups is 2. The summed E-state index contributed by atoms with van der Waals surface area (Å²) in [5.41, 5.74) is 0.123. The Bertz CT molecular complexity index is 820. The summed E-state index contributed by atoms with van der Waals surface area (Å²) < 4.78 is 43.9. The van der Waals surface area contributed by atoms with Crippen LogP contribution in [-0.2, 0) is 22.2 Å². The normalized spacial score (nSPS) is 11.1. The third-order valence-electron chi connectivity index (χ3n) is 3.61. The van der Waals surface area contributed by atoms with Gasteiger partial charge in [0, 0.05) is 16.6 Å². The first kappa shape index (κ1) is 21.0. The maximum atomic E-state index is 12.9. The molecule has 8 heteroatoms. The number of benzene rings is 2. The topological polar surface area (TPSA) is 55.4 Å². The zero-order valence-corrected chi connectivity index (χ0v) is 16.0. The summed E-state index contributed by atoms with van der Waals surface area (Å²) in [6.45, 7) is 1.18. The highest BCUT2D eigenvalue weighted by Crippen LogP contribution is 2.36. The average molecular weight is 444 g/mol. The smallest absolute Gasteiger partial charge is 0.417 e. The molecule has 1 N–H and O–H groups in total. The van der Waals surface area contributed by atoms with Gasteiger partial charge in [0.1, 0.15) is 11.5 Å². The van der Waals surface area contributed by atoms with Gasteiger partial charge in [-0.25, -0.2) is 0 Å². The van der Waals surface area contributed by atoms with Crippen molar-refractivity contribution in [2.45, 2.75) is 25.9 Å². The number of amides is 1. The Balaban J connectivity index is 1.90. The molecule has 0 fully saturated rings. The fraction of sp³-hybridized carbons (Fsp3) is 0.263. The standard InChI is InChI=1S/C19H17BrF3NO3/c1-12(25)2-3-13-4-7-15(8-5-13)27-11-18(26)24-14-6-9-17(20)16(10-14)19(21,22)23/h4-10H,2-3,11H2,1H3,(H,24,26). The van der Waals surface area contributed by atoms with E-state index in [0.29, 0.717) is 18.6 Å². The van der Waals surface area contributed by atoms with Crippen molar-refractivity contribution in [2.24, 2.45) is 0 Å². The van der Waals surface area contributed by atoms with Gasteiger partial charge in [-0.05, 0) is 49.2 Å². The van der Waals surface area contributed by atoms with Crippen LogP contribution in [0.2, 0.25) is 0 Å². The van der Waals surface area contributed by atoms with Crippen LogP contribution in [0.4, 0.5) is 18.9 Å². The van der Waals surface area contributed by atoms with Gasteiger partial charge >= 0.3 is 6.18 Å². The molecule has 0 saturated carbocycles. The molecule has 0 bridgehead atoms. The average Bonchev–Trinajstić information content (AvgIpc) is 2.59. The van der Waals surface area contributed by atoms with Crippen LogP contribution in [0.5, 0.6) is 5.75 Å². The van der Waals surface area contributed by atoms with Crippen molar-refractivity contribution in [3.63, 3.8) is 0 Å². The summed E-state index contributed by atoms with van der Waals surface area (Å²) in [5.74, 6) is -0.0248. The highest BCUT2D eigenvalue weighted by molar-refractivity contribution is 9.10. The summed E-state index contributed by atoms with van der Waals surface area (Å²) in [5, 5.41) is 2.37. The SMILES string of the molecule is CC(=O)CCc1ccc(OCC(=O)Nc2ccc(Br)c(C(F)(F)F)c2)cc1. The van der Waals surface area contributed by atoms with Crippen molar-refractivity contribution in [1.29, 1.82) is 0 Å². The molecule has 2 aromatic rings. The zero-order valence-electron chi connectivity index (χ0n) is 14.4. The lowest BCUT2D eigenvalue weighted by Crippen LogP contribution is -2.20. The van der Waals surface area contributed by atoms with Crippen molar-refractivity contribution in [1.82, 2.24) is 0 Å². The van der Waals surface area contributed by atoms with Crippen molar-refractivity contribution in [3.8, 4) is 5.75 Å². The maximum Gasteiger partial charge on any atom is 0.417 e. The Kier molecular flexibility index (Phi) is 7.01. The van der Waals surface area contributed by atoms with E-state index in [2.05, 4.69) is 21.2 Å². The van der Waals surface area contributed by atoms with Crippen molar-refractivity contribution in [2.75, 3.05) is 11.9 Å². The number of hydrogen-bond donors (Lipinski definition) is 1. The number of halogens is 4. The van der Waals surface area contributed by atoms with Gasteiger partial charge in [0.05, 0.1) is 5.56 Å². The molecule has 4 nitrogen and oxygen atoms in total. The fourth-order valence-electron chi connectivity index (χ4n) is 2.24. The molecule has 0 saturated heterocycles. The Morgan fingerprint density at radius 1 is 1.11 bits per heavy atom. The molecular weight excluding hydrogens is 427 g/mol. The van der Waals surface area contributed by atoms with Crippen molar-refractivity contribution in [3.05, 3.63) is 58.1 Å². The number of rotatable bonds is 7. The lowest BCUT2D eigenvalue weighted by Gasteiger charge is -2.12. The Labute approximate surface area is 162 Å². The molecule has 27 heavy (non-hydrogen) atoms. The summed E-state index contributed by atoms with van der Waals surface area (Å²) in [7, 11) is 0. The van der Waals surface area contributed by atoms with E-state index in [0.717, 1.165) is 11.6 Å². The molecule has 0 heterocycles. The maximum absolute atomic E-state index is 12.9. The predicted octanol–water partition coefficient (Wildman–Crippen LogP) is 5.01. The molecule has 0 atom stereocenters. The zero-order chi connectivity index (χ0) is 20.0. The van der Waals surface area contributed by atoms with Gasteiger partial charge in [-0.15, -0.1) is 0 Å². The predicted molar refractivity (Wildman–Crippen MR) is 98.7 cm³/mol. The van der Waals surface area contributed by atoms with E-state index in [-0.39, 0.29) is 22.6 Å². The molecule has 1 amide bonds. The van der Waals surface area contributed by atoms with E-state index in [9.17, 15) is 22.8 Å². The third-order valence-corrected chi connectivity index (χ3v) is 4.31. The molecule has 0 aromatic heterocycles. The van der Waals surface area contributed by atoms with Crippen LogP contribution >= 0.6 is 15.9 Å². The molecule has 0 aliphatic heterocycles. The Morgan fingerprint density at radius 2 is 1.78 bits per heavy atom. The summed E-state index contributed by atoms with van der Waals surface area (Å²) in [4.78, 5) is 22.9. The first-order valence-corrected chi connectivity index (χ1v) is 8.82. The molecule has 0 radical (unpaired) electrons. The largest absolute Gasteiger partial charge is 0.484 e. The third kappa shape index (κ3) is 6.71. The van der Waals surface area contributed by atoms with Crippen molar-refractivity contribution < 1.29 is 27.5 Å². The molecule has 0 spiro atoms. The second-order valence-corrected chi connectivity index (χ2v) is 6.73. The molecule has 0 unspecified atom stereocenters. The quantitative estimate of drug-likeness (QED) is 0.654. The van der Waals surface area contributed by atoms with Gasteiger partial charge in [-0.2, -0.15) is 13.2 Å². The van der Waals surface area contributed by atoms with Gasteiger partial charge < -0.3 is 14.8 Å². The monoisotopic (exact) mass is 443 g/mol. The number of ketones is 1. The van der Waals surface area contributed by atoms with Gasteiger partial charge in [0.15, 0.2) is 6.61 Å². The van der Waals surface area contributed by atoms with Crippen LogP contribution in [0.25, 0.3) is 0 Å². The molecular formula is C19H17BrF3NO3. The molecule has 2 rings (SSSR count). The molecule has 2 aromatic carbocycles. The molecule has 144 valence electrons. The van der Waals surface area contributed by atoms with E-state index < -0.39 is 17.6 Å². The highest BCUT2D eigenvalue weighted by Gasteiger charge is 2.33. The molecule has 0 aliphatic rings. The highest BCUT2D eigenvalue weighted by atomic mass is 79.9. The first-order chi connectivity index (χ1) is 12.6. The van der Waals surface area contributed by atoms with Crippen LogP contribution in [0, 0.1) is 0 Å². The number of alkyl halides is 3. The number of anilines is 1. The number of Topliss-reactive ketones (excluding diaryl/α,β-unsaturated/α-hetero) is 1. The van der Waals surface area contributed by atoms with Gasteiger partial charge in [-0.1, -0.05) is 28.1 Å². The number of carbonyl (C=O) groups excluding carboxylic acids is 2. The Morgan fingerprint density at radius 3 is 2.37 bits per heavy atom. The minimum absolute atomic E-state index is 0.0266. The van der Waals surface area contributed by atoms with Gasteiger partial charge in [0.2, 0.25) is 0 Å². The number of nitrogens with one attached hydrogen (secondary N) is 1. The molecule has 0 aliphatic carbocycles. The van der Waals surface area contributed by atoms with Crippen molar-refractivity contribution >= 4 is 33.3 Å². The van der Waals surface area contributed by atoms with Crippen LogP contribution in [0.1, 0.15) is 24.5 Å². The number of ether oxygens (including phenoxy) is 1. The van der Waals surface area contributed by atoms with Gasteiger partial charge in [0.25, 0.3) is 5.91 Å². The summed E-state index contributed by atoms with van der Waals surface area (Å²) >= 11 is 2.84. The van der Waals surface area contributed by atoms with Crippen LogP contribution in [-0.4, -0.2) is 18.3 Å².